The second-order valence-electron chi connectivity index (χ2n) is 8.41. The topological polar surface area (TPSA) is 124 Å². The van der Waals surface area contributed by atoms with Gasteiger partial charge in [-0.15, -0.1) is 0 Å². The van der Waals surface area contributed by atoms with Crippen LogP contribution < -0.4 is 21.1 Å². The van der Waals surface area contributed by atoms with E-state index in [1.807, 2.05) is 30.3 Å². The van der Waals surface area contributed by atoms with Gasteiger partial charge >= 0.3 is 0 Å². The first-order valence-electron chi connectivity index (χ1n) is 11.0. The number of amides is 1. The average Bonchev–Trinajstić information content (AvgIpc) is 3.31. The minimum absolute atomic E-state index is 0.0594. The van der Waals surface area contributed by atoms with Gasteiger partial charge in [0.25, 0.3) is 5.91 Å². The van der Waals surface area contributed by atoms with Gasteiger partial charge in [0, 0.05) is 49.6 Å². The Kier molecular flexibility index (Phi) is 5.55. The number of nitrogen functional groups attached to an aromatic ring is 1. The highest BCUT2D eigenvalue weighted by atomic mass is 16.5. The number of hydrogen-bond donors (Lipinski definition) is 3. The van der Waals surface area contributed by atoms with E-state index in [9.17, 15) is 4.79 Å². The van der Waals surface area contributed by atoms with Crippen molar-refractivity contribution in [3.63, 3.8) is 0 Å². The van der Waals surface area contributed by atoms with E-state index in [4.69, 9.17) is 15.2 Å². The van der Waals surface area contributed by atoms with E-state index in [2.05, 4.69) is 25.6 Å². The summed E-state index contributed by atoms with van der Waals surface area (Å²) in [7, 11) is 1.71. The second-order valence-corrected chi connectivity index (χ2v) is 8.41. The molecule has 1 amide bonds. The highest BCUT2D eigenvalue weighted by molar-refractivity contribution is 5.94. The smallest absolute Gasteiger partial charge is 0.251 e. The number of carbonyl (C=O) groups excluding carboxylic acids is 1. The van der Waals surface area contributed by atoms with Crippen LogP contribution in [0.15, 0.2) is 48.8 Å². The Bertz CT molecular complexity index is 1160. The molecule has 3 aromatic rings. The van der Waals surface area contributed by atoms with Gasteiger partial charge in [0.05, 0.1) is 23.5 Å². The SMILES string of the molecule is COC1(CNc2ncc(-c3ccnc(N)n3)c3c2CCO3)CC(NC(=O)c2ccccc2)C1. The van der Waals surface area contributed by atoms with Crippen molar-refractivity contribution in [1.29, 1.82) is 0 Å². The zero-order chi connectivity index (χ0) is 22.8. The zero-order valence-electron chi connectivity index (χ0n) is 18.4. The molecule has 0 bridgehead atoms. The molecule has 1 fully saturated rings. The molecular weight excluding hydrogens is 420 g/mol. The Hall–Kier alpha value is -3.72. The molecule has 4 N–H and O–H groups in total. The van der Waals surface area contributed by atoms with E-state index in [0.29, 0.717) is 24.4 Å². The maximum Gasteiger partial charge on any atom is 0.251 e. The van der Waals surface area contributed by atoms with E-state index >= 15 is 0 Å². The first kappa shape index (κ1) is 21.1. The highest BCUT2D eigenvalue weighted by Gasteiger charge is 2.45. The van der Waals surface area contributed by atoms with Crippen molar-refractivity contribution in [2.45, 2.75) is 30.9 Å². The zero-order valence-corrected chi connectivity index (χ0v) is 18.4. The van der Waals surface area contributed by atoms with Gasteiger partial charge in [0.2, 0.25) is 5.95 Å². The fraction of sp³-hybridized carbons (Fsp3) is 0.333. The minimum atomic E-state index is -0.359. The number of pyridine rings is 1. The Morgan fingerprint density at radius 1 is 1.24 bits per heavy atom. The van der Waals surface area contributed by atoms with Crippen molar-refractivity contribution in [3.8, 4) is 17.0 Å². The van der Waals surface area contributed by atoms with Crippen LogP contribution in [-0.2, 0) is 11.2 Å². The molecule has 3 heterocycles. The van der Waals surface area contributed by atoms with Crippen molar-refractivity contribution in [1.82, 2.24) is 20.3 Å². The molecule has 2 aliphatic rings. The van der Waals surface area contributed by atoms with Gasteiger partial charge in [-0.1, -0.05) is 18.2 Å². The van der Waals surface area contributed by atoms with Gasteiger partial charge in [0.15, 0.2) is 0 Å². The van der Waals surface area contributed by atoms with Crippen LogP contribution in [0.4, 0.5) is 11.8 Å². The molecule has 5 rings (SSSR count). The molecule has 9 heteroatoms. The predicted molar refractivity (Wildman–Crippen MR) is 124 cm³/mol. The molecule has 9 nitrogen and oxygen atoms in total. The van der Waals surface area contributed by atoms with Crippen LogP contribution in [0, 0.1) is 0 Å². The molecule has 2 aromatic heterocycles. The van der Waals surface area contributed by atoms with Crippen molar-refractivity contribution in [2.24, 2.45) is 0 Å². The number of nitrogens with zero attached hydrogens (tertiary/aromatic N) is 3. The third kappa shape index (κ3) is 4.19. The Morgan fingerprint density at radius 3 is 2.82 bits per heavy atom. The molecule has 0 atom stereocenters. The standard InChI is InChI=1S/C24H26N6O3/c1-32-24(11-16(12-24)29-22(31)15-5-3-2-4-6-15)14-28-21-17-8-10-33-20(17)18(13-27-21)19-7-9-26-23(25)30-19/h2-7,9,13,16H,8,10-12,14H2,1H3,(H,27,28)(H,29,31)(H2,25,26,30). The Morgan fingerprint density at radius 2 is 2.06 bits per heavy atom. The van der Waals surface area contributed by atoms with E-state index in [-0.39, 0.29) is 23.5 Å². The lowest BCUT2D eigenvalue weighted by atomic mass is 9.75. The Labute approximate surface area is 191 Å². The summed E-state index contributed by atoms with van der Waals surface area (Å²) in [5.74, 6) is 1.71. The number of nitrogens with one attached hydrogen (secondary N) is 2. The summed E-state index contributed by atoms with van der Waals surface area (Å²) < 4.78 is 11.7. The number of hydrogen-bond acceptors (Lipinski definition) is 8. The number of anilines is 2. The first-order chi connectivity index (χ1) is 16.1. The summed E-state index contributed by atoms with van der Waals surface area (Å²) in [6, 6.07) is 11.1. The van der Waals surface area contributed by atoms with Gasteiger partial charge in [-0.05, 0) is 31.0 Å². The molecule has 1 aliphatic heterocycles. The molecule has 33 heavy (non-hydrogen) atoms. The van der Waals surface area contributed by atoms with Crippen LogP contribution in [0.5, 0.6) is 5.75 Å². The molecule has 0 radical (unpaired) electrons. The number of ether oxygens (including phenoxy) is 2. The summed E-state index contributed by atoms with van der Waals surface area (Å²) in [6.45, 7) is 1.17. The van der Waals surface area contributed by atoms with E-state index in [0.717, 1.165) is 42.0 Å². The summed E-state index contributed by atoms with van der Waals surface area (Å²) >= 11 is 0. The highest BCUT2D eigenvalue weighted by Crippen LogP contribution is 2.40. The van der Waals surface area contributed by atoms with E-state index in [1.54, 1.807) is 25.6 Å². The van der Waals surface area contributed by atoms with E-state index in [1.165, 1.54) is 0 Å². The van der Waals surface area contributed by atoms with Crippen LogP contribution in [0.25, 0.3) is 11.3 Å². The monoisotopic (exact) mass is 446 g/mol. The third-order valence-electron chi connectivity index (χ3n) is 6.29. The van der Waals surface area contributed by atoms with Crippen molar-refractivity contribution < 1.29 is 14.3 Å². The lowest BCUT2D eigenvalue weighted by molar-refractivity contribution is -0.0769. The van der Waals surface area contributed by atoms with Crippen LogP contribution in [-0.4, -0.2) is 52.8 Å². The number of carbonyl (C=O) groups is 1. The second kappa shape index (κ2) is 8.67. The third-order valence-corrected chi connectivity index (χ3v) is 6.29. The molecule has 1 saturated carbocycles. The average molecular weight is 447 g/mol. The molecule has 0 saturated heterocycles. The number of benzene rings is 1. The van der Waals surface area contributed by atoms with Crippen molar-refractivity contribution >= 4 is 17.7 Å². The molecule has 0 spiro atoms. The normalized spacial score (nSPS) is 20.9. The van der Waals surface area contributed by atoms with Gasteiger partial charge in [-0.3, -0.25) is 4.79 Å². The van der Waals surface area contributed by atoms with Crippen LogP contribution in [0.3, 0.4) is 0 Å². The van der Waals surface area contributed by atoms with Gasteiger partial charge < -0.3 is 25.8 Å². The maximum absolute atomic E-state index is 12.4. The molecule has 1 aromatic carbocycles. The number of rotatable bonds is 7. The van der Waals surface area contributed by atoms with Crippen molar-refractivity contribution in [3.05, 3.63) is 59.9 Å². The van der Waals surface area contributed by atoms with Crippen LogP contribution in [0.1, 0.15) is 28.8 Å². The fourth-order valence-corrected chi connectivity index (χ4v) is 4.47. The number of nitrogens with two attached hydrogens (primary N) is 1. The number of aromatic nitrogens is 3. The minimum Gasteiger partial charge on any atom is -0.492 e. The van der Waals surface area contributed by atoms with Crippen LogP contribution >= 0.6 is 0 Å². The van der Waals surface area contributed by atoms with Crippen molar-refractivity contribution in [2.75, 3.05) is 31.3 Å². The number of fused-ring (bicyclic) bond motifs is 1. The number of methoxy groups -OCH3 is 1. The Balaban J connectivity index is 1.25. The maximum atomic E-state index is 12.4. The summed E-state index contributed by atoms with van der Waals surface area (Å²) in [5, 5.41) is 6.54. The van der Waals surface area contributed by atoms with Gasteiger partial charge in [-0.2, -0.15) is 0 Å². The predicted octanol–water partition coefficient (Wildman–Crippen LogP) is 2.45. The fourth-order valence-electron chi connectivity index (χ4n) is 4.47. The first-order valence-corrected chi connectivity index (χ1v) is 11.0. The lowest BCUT2D eigenvalue weighted by Gasteiger charge is -2.46. The quantitative estimate of drug-likeness (QED) is 0.506. The summed E-state index contributed by atoms with van der Waals surface area (Å²) in [4.78, 5) is 25.3. The lowest BCUT2D eigenvalue weighted by Crippen LogP contribution is -2.59. The van der Waals surface area contributed by atoms with Gasteiger partial charge in [0.1, 0.15) is 11.6 Å². The summed E-state index contributed by atoms with van der Waals surface area (Å²) in [6.07, 6.45) is 5.58. The van der Waals surface area contributed by atoms with E-state index < -0.39 is 0 Å². The summed E-state index contributed by atoms with van der Waals surface area (Å²) in [5.41, 5.74) is 8.55. The molecule has 170 valence electrons. The largest absolute Gasteiger partial charge is 0.492 e. The van der Waals surface area contributed by atoms with Gasteiger partial charge in [-0.25, -0.2) is 15.0 Å². The molecule has 0 unspecified atom stereocenters. The molecule has 1 aliphatic carbocycles. The van der Waals surface area contributed by atoms with Crippen LogP contribution in [0.2, 0.25) is 0 Å². The molecular formula is C24H26N6O3.